The van der Waals surface area contributed by atoms with Crippen molar-refractivity contribution in [1.29, 1.82) is 0 Å². The fourth-order valence-electron chi connectivity index (χ4n) is 3.28. The van der Waals surface area contributed by atoms with E-state index in [2.05, 4.69) is 10.3 Å². The van der Waals surface area contributed by atoms with Gasteiger partial charge in [-0.2, -0.15) is 0 Å². The Morgan fingerprint density at radius 3 is 2.92 bits per heavy atom. The number of aryl methyl sites for hydroxylation is 1. The van der Waals surface area contributed by atoms with Crippen LogP contribution in [0.2, 0.25) is 0 Å². The molecule has 0 fully saturated rings. The lowest BCUT2D eigenvalue weighted by molar-refractivity contribution is 0.102. The molecule has 0 saturated carbocycles. The second-order valence-corrected chi connectivity index (χ2v) is 6.38. The monoisotopic (exact) mass is 347 g/mol. The van der Waals surface area contributed by atoms with Gasteiger partial charge in [0.05, 0.1) is 11.2 Å². The normalized spacial score (nSPS) is 13.2. The molecule has 3 aromatic rings. The van der Waals surface area contributed by atoms with Crippen LogP contribution in [0.5, 0.6) is 0 Å². The van der Waals surface area contributed by atoms with Gasteiger partial charge >= 0.3 is 0 Å². The Morgan fingerprint density at radius 2 is 2.12 bits per heavy atom. The van der Waals surface area contributed by atoms with Crippen LogP contribution in [0.3, 0.4) is 0 Å². The molecular formula is C21H18FN3O. The highest BCUT2D eigenvalue weighted by atomic mass is 19.1. The maximum atomic E-state index is 14.0. The fourth-order valence-corrected chi connectivity index (χ4v) is 3.28. The lowest BCUT2D eigenvalue weighted by atomic mass is 10.1. The second kappa shape index (κ2) is 6.19. The third-order valence-corrected chi connectivity index (χ3v) is 4.61. The molecule has 5 heteroatoms. The molecule has 1 heterocycles. The van der Waals surface area contributed by atoms with Gasteiger partial charge in [0, 0.05) is 22.7 Å². The van der Waals surface area contributed by atoms with Gasteiger partial charge in [-0.05, 0) is 35.9 Å². The summed E-state index contributed by atoms with van der Waals surface area (Å²) in [5.74, 6) is -0.689. The van der Waals surface area contributed by atoms with Gasteiger partial charge in [-0.1, -0.05) is 36.4 Å². The highest BCUT2D eigenvalue weighted by Gasteiger charge is 2.14. The summed E-state index contributed by atoms with van der Waals surface area (Å²) in [5, 5.41) is 5.09. The number of aromatic amines is 1. The summed E-state index contributed by atoms with van der Waals surface area (Å²) >= 11 is 0. The third-order valence-electron chi connectivity index (χ3n) is 4.61. The number of rotatable bonds is 2. The fraction of sp³-hybridized carbons (Fsp3) is 0.0952. The number of fused-ring (bicyclic) bond motifs is 2. The van der Waals surface area contributed by atoms with E-state index in [1.807, 2.05) is 43.4 Å². The molecule has 1 aliphatic rings. The zero-order valence-electron chi connectivity index (χ0n) is 14.3. The van der Waals surface area contributed by atoms with Gasteiger partial charge in [-0.25, -0.2) is 4.39 Å². The van der Waals surface area contributed by atoms with Crippen molar-refractivity contribution in [2.24, 2.45) is 5.73 Å². The van der Waals surface area contributed by atoms with Crippen LogP contribution in [0.15, 0.2) is 48.6 Å². The summed E-state index contributed by atoms with van der Waals surface area (Å²) in [6.45, 7) is 1.87. The molecule has 2 aromatic carbocycles. The molecule has 1 amide bonds. The summed E-state index contributed by atoms with van der Waals surface area (Å²) in [7, 11) is 0. The van der Waals surface area contributed by atoms with Crippen molar-refractivity contribution in [2.75, 3.05) is 5.32 Å². The molecule has 4 nitrogen and oxygen atoms in total. The molecule has 26 heavy (non-hydrogen) atoms. The summed E-state index contributed by atoms with van der Waals surface area (Å²) in [4.78, 5) is 15.8. The molecule has 4 N–H and O–H groups in total. The molecular weight excluding hydrogens is 329 g/mol. The van der Waals surface area contributed by atoms with Crippen molar-refractivity contribution in [3.63, 3.8) is 0 Å². The Hall–Kier alpha value is -3.34. The first-order valence-corrected chi connectivity index (χ1v) is 8.38. The molecule has 0 aliphatic heterocycles. The van der Waals surface area contributed by atoms with Crippen LogP contribution in [0.4, 0.5) is 10.1 Å². The molecule has 0 bridgehead atoms. The molecule has 4 rings (SSSR count). The maximum Gasteiger partial charge on any atom is 0.272 e. The van der Waals surface area contributed by atoms with E-state index in [-0.39, 0.29) is 11.7 Å². The first-order valence-electron chi connectivity index (χ1n) is 8.38. The summed E-state index contributed by atoms with van der Waals surface area (Å²) in [6.07, 6.45) is 6.51. The van der Waals surface area contributed by atoms with Gasteiger partial charge in [0.2, 0.25) is 0 Å². The van der Waals surface area contributed by atoms with Gasteiger partial charge in [-0.15, -0.1) is 0 Å². The van der Waals surface area contributed by atoms with Crippen molar-refractivity contribution in [2.45, 2.75) is 13.3 Å². The lowest BCUT2D eigenvalue weighted by Gasteiger charge is -2.07. The summed E-state index contributed by atoms with van der Waals surface area (Å²) in [5.41, 5.74) is 9.35. The number of halogens is 1. The predicted molar refractivity (Wildman–Crippen MR) is 102 cm³/mol. The van der Waals surface area contributed by atoms with Crippen molar-refractivity contribution >= 4 is 34.3 Å². The minimum absolute atomic E-state index is 0.306. The Morgan fingerprint density at radius 1 is 1.27 bits per heavy atom. The van der Waals surface area contributed by atoms with E-state index in [4.69, 9.17) is 5.73 Å². The van der Waals surface area contributed by atoms with Crippen molar-refractivity contribution in [3.8, 4) is 0 Å². The first kappa shape index (κ1) is 16.1. The minimum atomic E-state index is -0.354. The van der Waals surface area contributed by atoms with Gasteiger partial charge in [0.1, 0.15) is 11.5 Å². The smallest absolute Gasteiger partial charge is 0.272 e. The van der Waals surface area contributed by atoms with Crippen molar-refractivity contribution in [3.05, 3.63) is 76.1 Å². The zero-order valence-corrected chi connectivity index (χ0v) is 14.3. The van der Waals surface area contributed by atoms with E-state index in [1.165, 1.54) is 12.1 Å². The third kappa shape index (κ3) is 2.67. The van der Waals surface area contributed by atoms with Crippen LogP contribution >= 0.6 is 0 Å². The quantitative estimate of drug-likeness (QED) is 0.667. The molecule has 1 aliphatic carbocycles. The van der Waals surface area contributed by atoms with Gasteiger partial charge in [0.15, 0.2) is 0 Å². The number of nitrogens with one attached hydrogen (secondary N) is 2. The van der Waals surface area contributed by atoms with Crippen LogP contribution in [0, 0.1) is 12.7 Å². The highest BCUT2D eigenvalue weighted by molar-refractivity contribution is 6.06. The number of hydrogen-bond donors (Lipinski definition) is 3. The van der Waals surface area contributed by atoms with Crippen LogP contribution in [-0.4, -0.2) is 10.9 Å². The molecule has 0 radical (unpaired) electrons. The number of aromatic nitrogens is 1. The predicted octanol–water partition coefficient (Wildman–Crippen LogP) is 2.68. The Kier molecular flexibility index (Phi) is 3.84. The van der Waals surface area contributed by atoms with E-state index < -0.39 is 0 Å². The number of carbonyl (C=O) groups excluding carboxylic acids is 1. The van der Waals surface area contributed by atoms with Gasteiger partial charge in [0.25, 0.3) is 5.91 Å². The average Bonchev–Trinajstić information content (AvgIpc) is 3.00. The standard InChI is InChI=1S/C21H18FN3O/c1-12-9-10-15(22)14-11-18(24-20(12)14)21(26)25-17-8-4-6-13-5-2-3-7-16(23)19(13)17/h2-6,8-11,24H,7,23H2,1H3,(H,25,26). The zero-order chi connectivity index (χ0) is 18.3. The Bertz CT molecular complexity index is 1150. The molecule has 1 aromatic heterocycles. The van der Waals surface area contributed by atoms with E-state index >= 15 is 0 Å². The number of hydrogen-bond acceptors (Lipinski definition) is 2. The highest BCUT2D eigenvalue weighted by Crippen LogP contribution is 2.22. The molecule has 130 valence electrons. The number of H-pyrrole nitrogens is 1. The van der Waals surface area contributed by atoms with Gasteiger partial charge < -0.3 is 16.0 Å². The van der Waals surface area contributed by atoms with Crippen molar-refractivity contribution < 1.29 is 9.18 Å². The molecule has 0 atom stereocenters. The number of anilines is 1. The van der Waals surface area contributed by atoms with Gasteiger partial charge in [-0.3, -0.25) is 4.79 Å². The number of allylic oxidation sites excluding steroid dienone is 1. The number of amides is 1. The minimum Gasteiger partial charge on any atom is -0.401 e. The number of benzene rings is 2. The SMILES string of the molecule is Cc1ccc(F)c2cc(C(=O)Nc3cccc4c3=C(N)CC=CC=4)[nH]c12. The van der Waals surface area contributed by atoms with Crippen LogP contribution < -0.4 is 21.5 Å². The lowest BCUT2D eigenvalue weighted by Crippen LogP contribution is -2.33. The molecule has 0 spiro atoms. The second-order valence-electron chi connectivity index (χ2n) is 6.38. The Balaban J connectivity index is 1.77. The van der Waals surface area contributed by atoms with E-state index in [1.54, 1.807) is 6.07 Å². The van der Waals surface area contributed by atoms with Crippen LogP contribution in [-0.2, 0) is 0 Å². The van der Waals surface area contributed by atoms with Crippen LogP contribution in [0.25, 0.3) is 22.7 Å². The summed E-state index contributed by atoms with van der Waals surface area (Å²) in [6, 6.07) is 10.3. The molecule has 0 saturated heterocycles. The topological polar surface area (TPSA) is 70.9 Å². The summed E-state index contributed by atoms with van der Waals surface area (Å²) < 4.78 is 14.0. The molecule has 0 unspecified atom stereocenters. The van der Waals surface area contributed by atoms with Crippen molar-refractivity contribution in [1.82, 2.24) is 4.98 Å². The van der Waals surface area contributed by atoms with Crippen LogP contribution in [0.1, 0.15) is 22.5 Å². The van der Waals surface area contributed by atoms with E-state index in [0.29, 0.717) is 34.4 Å². The van der Waals surface area contributed by atoms with E-state index in [0.717, 1.165) is 16.0 Å². The van der Waals surface area contributed by atoms with E-state index in [9.17, 15) is 9.18 Å². The first-order chi connectivity index (χ1) is 12.5. The Labute approximate surface area is 149 Å². The number of carbonyl (C=O) groups is 1. The largest absolute Gasteiger partial charge is 0.401 e. The maximum absolute atomic E-state index is 14.0. The number of nitrogens with two attached hydrogens (primary N) is 1. The average molecular weight is 347 g/mol.